The highest BCUT2D eigenvalue weighted by molar-refractivity contribution is 5.77. The molecule has 0 bridgehead atoms. The van der Waals surface area contributed by atoms with Gasteiger partial charge in [-0.25, -0.2) is 0 Å². The molecule has 0 aromatic rings. The number of amides is 1. The van der Waals surface area contributed by atoms with E-state index in [1.807, 2.05) is 7.05 Å². The van der Waals surface area contributed by atoms with Crippen LogP contribution in [-0.2, 0) is 19.0 Å². The minimum Gasteiger partial charge on any atom is -0.371 e. The zero-order valence-electron chi connectivity index (χ0n) is 18.5. The van der Waals surface area contributed by atoms with Gasteiger partial charge in [0.1, 0.15) is 20.2 Å². The predicted molar refractivity (Wildman–Crippen MR) is 113 cm³/mol. The zero-order chi connectivity index (χ0) is 20.7. The first-order valence-corrected chi connectivity index (χ1v) is 11.3. The third-order valence-electron chi connectivity index (χ3n) is 4.92. The quantitative estimate of drug-likeness (QED) is 0.207. The van der Waals surface area contributed by atoms with Crippen LogP contribution >= 0.6 is 0 Å². The summed E-state index contributed by atoms with van der Waals surface area (Å²) in [5, 5.41) is 8.40. The number of carbonyl (C=O) groups is 1. The van der Waals surface area contributed by atoms with E-state index in [2.05, 4.69) is 11.7 Å². The minimum absolute atomic E-state index is 0.00816. The summed E-state index contributed by atoms with van der Waals surface area (Å²) < 4.78 is 14.6. The summed E-state index contributed by atoms with van der Waals surface area (Å²) in [6.07, 6.45) is 18.7. The first-order chi connectivity index (χ1) is 13.7. The van der Waals surface area contributed by atoms with Gasteiger partial charge in [0, 0.05) is 13.6 Å². The number of rotatable bonds is 22. The highest BCUT2D eigenvalue weighted by Crippen LogP contribution is 2.13. The summed E-state index contributed by atoms with van der Waals surface area (Å²) in [7, 11) is 1.81. The molecule has 0 aromatic heterocycles. The molecule has 6 nitrogen and oxygen atoms in total. The number of aliphatic hydroxyl groups excluding tert-OH is 1. The van der Waals surface area contributed by atoms with Crippen molar-refractivity contribution in [3.63, 3.8) is 0 Å². The van der Waals surface area contributed by atoms with Crippen LogP contribution in [0.2, 0.25) is 0 Å². The van der Waals surface area contributed by atoms with Crippen LogP contribution < -0.4 is 0 Å². The largest absolute Gasteiger partial charge is 0.371 e. The Morgan fingerprint density at radius 2 is 1.18 bits per heavy atom. The molecule has 0 radical (unpaired) electrons. The number of carbonyl (C=O) groups excluding carboxylic acids is 1. The molecule has 0 rings (SSSR count). The number of hydrogen-bond acceptors (Lipinski definition) is 5. The van der Waals surface area contributed by atoms with E-state index in [1.54, 1.807) is 4.90 Å². The highest BCUT2D eigenvalue weighted by Gasteiger charge is 2.08. The molecule has 28 heavy (non-hydrogen) atoms. The molecule has 0 unspecified atom stereocenters. The van der Waals surface area contributed by atoms with Crippen molar-refractivity contribution in [3.8, 4) is 0 Å². The summed E-state index contributed by atoms with van der Waals surface area (Å²) in [5.41, 5.74) is 0. The summed E-state index contributed by atoms with van der Waals surface area (Å²) in [6, 6.07) is 0. The number of unbranched alkanes of at least 4 members (excludes halogenated alkanes) is 13. The number of hydrogen-bond donors (Lipinski definition) is 1. The fraction of sp³-hybridized carbons (Fsp3) is 0.955. The van der Waals surface area contributed by atoms with Crippen LogP contribution in [0.15, 0.2) is 0 Å². The van der Waals surface area contributed by atoms with Gasteiger partial charge in [0.15, 0.2) is 6.79 Å². The van der Waals surface area contributed by atoms with Crippen LogP contribution in [0.25, 0.3) is 0 Å². The topological polar surface area (TPSA) is 68.2 Å². The SMILES string of the molecule is CCCCCCCCCCCCCCCCN(C)C(=O)COCOCOCO. The molecule has 0 atom stereocenters. The molecule has 0 aliphatic rings. The Kier molecular flexibility index (Phi) is 22.0. The van der Waals surface area contributed by atoms with Crippen molar-refractivity contribution in [2.75, 3.05) is 40.6 Å². The van der Waals surface area contributed by atoms with Crippen LogP contribution in [0.5, 0.6) is 0 Å². The maximum Gasteiger partial charge on any atom is 0.248 e. The first kappa shape index (κ1) is 27.3. The molecular weight excluding hydrogens is 358 g/mol. The van der Waals surface area contributed by atoms with Crippen molar-refractivity contribution in [1.29, 1.82) is 0 Å². The second kappa shape index (κ2) is 22.6. The highest BCUT2D eigenvalue weighted by atomic mass is 16.8. The number of nitrogens with zero attached hydrogens (tertiary/aromatic N) is 1. The maximum absolute atomic E-state index is 11.9. The lowest BCUT2D eigenvalue weighted by molar-refractivity contribution is -0.165. The Morgan fingerprint density at radius 1 is 0.714 bits per heavy atom. The van der Waals surface area contributed by atoms with Gasteiger partial charge in [-0.05, 0) is 6.42 Å². The van der Waals surface area contributed by atoms with Crippen LogP contribution in [0.3, 0.4) is 0 Å². The Bertz CT molecular complexity index is 328. The summed E-state index contributed by atoms with van der Waals surface area (Å²) in [6.45, 7) is 2.60. The van der Waals surface area contributed by atoms with Crippen molar-refractivity contribution < 1.29 is 24.1 Å². The van der Waals surface area contributed by atoms with Gasteiger partial charge in [0.2, 0.25) is 5.91 Å². The molecule has 0 fully saturated rings. The lowest BCUT2D eigenvalue weighted by Gasteiger charge is -2.17. The summed E-state index contributed by atoms with van der Waals surface area (Å²) >= 11 is 0. The van der Waals surface area contributed by atoms with Crippen molar-refractivity contribution in [2.45, 2.75) is 96.8 Å². The van der Waals surface area contributed by atoms with Gasteiger partial charge in [0.25, 0.3) is 0 Å². The first-order valence-electron chi connectivity index (χ1n) is 11.3. The lowest BCUT2D eigenvalue weighted by Crippen LogP contribution is -2.31. The maximum atomic E-state index is 11.9. The number of ether oxygens (including phenoxy) is 3. The van der Waals surface area contributed by atoms with Gasteiger partial charge in [-0.2, -0.15) is 0 Å². The number of likely N-dealkylation sites (N-methyl/N-ethyl adjacent to an activating group) is 1. The van der Waals surface area contributed by atoms with Crippen molar-refractivity contribution in [2.24, 2.45) is 0 Å². The molecule has 0 aliphatic heterocycles. The average Bonchev–Trinajstić information content (AvgIpc) is 2.70. The molecule has 0 aromatic carbocycles. The van der Waals surface area contributed by atoms with Crippen LogP contribution in [0.4, 0.5) is 0 Å². The Morgan fingerprint density at radius 3 is 1.68 bits per heavy atom. The summed E-state index contributed by atoms with van der Waals surface area (Å²) in [4.78, 5) is 13.6. The van der Waals surface area contributed by atoms with Crippen molar-refractivity contribution in [3.05, 3.63) is 0 Å². The Balaban J connectivity index is 3.27. The van der Waals surface area contributed by atoms with Gasteiger partial charge < -0.3 is 24.2 Å². The van der Waals surface area contributed by atoms with Crippen LogP contribution in [0, 0.1) is 0 Å². The molecule has 0 spiro atoms. The van der Waals surface area contributed by atoms with Crippen LogP contribution in [0.1, 0.15) is 96.8 Å². The Labute approximate surface area is 172 Å². The standard InChI is InChI=1S/C22H45NO5/c1-3-4-5-6-7-8-9-10-11-12-13-14-15-16-17-23(2)22(25)18-26-20-28-21-27-19-24/h24H,3-21H2,1-2H3. The molecule has 0 aliphatic carbocycles. The van der Waals surface area contributed by atoms with Gasteiger partial charge in [-0.15, -0.1) is 0 Å². The molecule has 0 saturated carbocycles. The third kappa shape index (κ3) is 20.1. The normalized spacial score (nSPS) is 11.1. The predicted octanol–water partition coefficient (Wildman–Crippen LogP) is 4.84. The van der Waals surface area contributed by atoms with Gasteiger partial charge in [-0.3, -0.25) is 4.79 Å². The molecule has 0 heterocycles. The fourth-order valence-electron chi connectivity index (χ4n) is 3.10. The van der Waals surface area contributed by atoms with E-state index in [4.69, 9.17) is 14.6 Å². The monoisotopic (exact) mass is 403 g/mol. The fourth-order valence-corrected chi connectivity index (χ4v) is 3.10. The lowest BCUT2D eigenvalue weighted by atomic mass is 10.0. The molecule has 0 saturated heterocycles. The van der Waals surface area contributed by atoms with E-state index >= 15 is 0 Å². The van der Waals surface area contributed by atoms with Gasteiger partial charge >= 0.3 is 0 Å². The second-order valence-corrected chi connectivity index (χ2v) is 7.53. The van der Waals surface area contributed by atoms with Gasteiger partial charge in [0.05, 0.1) is 0 Å². The molecule has 168 valence electrons. The van der Waals surface area contributed by atoms with E-state index in [9.17, 15) is 4.79 Å². The molecule has 1 amide bonds. The van der Waals surface area contributed by atoms with E-state index < -0.39 is 0 Å². The van der Waals surface area contributed by atoms with E-state index in [0.29, 0.717) is 0 Å². The number of aliphatic hydroxyl groups is 1. The van der Waals surface area contributed by atoms with Crippen LogP contribution in [-0.4, -0.2) is 56.5 Å². The van der Waals surface area contributed by atoms with Gasteiger partial charge in [-0.1, -0.05) is 90.4 Å². The molecule has 1 N–H and O–H groups in total. The van der Waals surface area contributed by atoms with Crippen molar-refractivity contribution >= 4 is 5.91 Å². The van der Waals surface area contributed by atoms with E-state index in [1.165, 1.54) is 83.5 Å². The van der Waals surface area contributed by atoms with Crippen molar-refractivity contribution in [1.82, 2.24) is 4.90 Å². The molecular formula is C22H45NO5. The third-order valence-corrected chi connectivity index (χ3v) is 4.92. The smallest absolute Gasteiger partial charge is 0.248 e. The molecule has 6 heteroatoms. The zero-order valence-corrected chi connectivity index (χ0v) is 18.5. The minimum atomic E-state index is -0.388. The average molecular weight is 404 g/mol. The van der Waals surface area contributed by atoms with E-state index in [0.717, 1.165) is 13.0 Å². The van der Waals surface area contributed by atoms with E-state index in [-0.39, 0.29) is 32.9 Å². The second-order valence-electron chi connectivity index (χ2n) is 7.53. The Hall–Kier alpha value is -0.690. The summed E-state index contributed by atoms with van der Waals surface area (Å²) in [5.74, 6) is -0.0404.